The second kappa shape index (κ2) is 4.50. The van der Waals surface area contributed by atoms with Gasteiger partial charge in [0.2, 0.25) is 0 Å². The summed E-state index contributed by atoms with van der Waals surface area (Å²) in [6.45, 7) is 11.2. The van der Waals surface area contributed by atoms with Crippen LogP contribution in [0.25, 0.3) is 0 Å². The summed E-state index contributed by atoms with van der Waals surface area (Å²) in [6.07, 6.45) is 4.63. The molecule has 0 fully saturated rings. The van der Waals surface area contributed by atoms with Gasteiger partial charge in [0.05, 0.1) is 0 Å². The van der Waals surface area contributed by atoms with Gasteiger partial charge in [-0.25, -0.2) is 0 Å². The first-order valence-corrected chi connectivity index (χ1v) is 5.50. The molecule has 0 aliphatic carbocycles. The Kier molecular flexibility index (Phi) is 4.61. The van der Waals surface area contributed by atoms with Gasteiger partial charge in [0.15, 0.2) is 0 Å². The first-order valence-electron chi connectivity index (χ1n) is 5.12. The van der Waals surface area contributed by atoms with Gasteiger partial charge in [-0.15, -0.1) is 11.6 Å². The number of halogens is 1. The quantitative estimate of drug-likeness (QED) is 0.556. The molecule has 0 aromatic carbocycles. The lowest BCUT2D eigenvalue weighted by molar-refractivity contribution is 0.198. The molecule has 0 spiro atoms. The molecule has 0 radical (unpaired) electrons. The maximum absolute atomic E-state index is 6.54. The van der Waals surface area contributed by atoms with Crippen LogP contribution in [0.1, 0.15) is 60.3 Å². The summed E-state index contributed by atoms with van der Waals surface area (Å²) in [4.78, 5) is -0.0226. The third-order valence-electron chi connectivity index (χ3n) is 3.54. The Bertz CT molecular complexity index is 123. The Labute approximate surface area is 82.7 Å². The molecule has 0 amide bonds. The summed E-state index contributed by atoms with van der Waals surface area (Å²) in [6, 6.07) is 0. The van der Waals surface area contributed by atoms with Crippen LogP contribution in [0, 0.1) is 5.41 Å². The minimum atomic E-state index is -0.0226. The largest absolute Gasteiger partial charge is 0.119 e. The van der Waals surface area contributed by atoms with Crippen LogP contribution < -0.4 is 0 Å². The fourth-order valence-corrected chi connectivity index (χ4v) is 2.21. The fourth-order valence-electron chi connectivity index (χ4n) is 1.76. The second-order valence-corrected chi connectivity index (χ2v) is 5.05. The van der Waals surface area contributed by atoms with Crippen LogP contribution in [-0.4, -0.2) is 4.87 Å². The van der Waals surface area contributed by atoms with E-state index in [9.17, 15) is 0 Å². The van der Waals surface area contributed by atoms with Crippen molar-refractivity contribution >= 4 is 11.6 Å². The van der Waals surface area contributed by atoms with Crippen molar-refractivity contribution in [3.63, 3.8) is 0 Å². The average molecular weight is 191 g/mol. The van der Waals surface area contributed by atoms with Crippen molar-refractivity contribution in [1.82, 2.24) is 0 Å². The zero-order valence-corrected chi connectivity index (χ0v) is 9.96. The van der Waals surface area contributed by atoms with Crippen LogP contribution in [0.2, 0.25) is 0 Å². The lowest BCUT2D eigenvalue weighted by Gasteiger charge is -2.41. The summed E-state index contributed by atoms with van der Waals surface area (Å²) >= 11 is 6.54. The van der Waals surface area contributed by atoms with Gasteiger partial charge in [0.1, 0.15) is 0 Å². The molecule has 0 saturated heterocycles. The predicted octanol–water partition coefficient (Wildman–Crippen LogP) is 4.61. The van der Waals surface area contributed by atoms with Crippen LogP contribution in [0.15, 0.2) is 0 Å². The molecule has 0 saturated carbocycles. The topological polar surface area (TPSA) is 0 Å². The summed E-state index contributed by atoms with van der Waals surface area (Å²) in [7, 11) is 0. The highest BCUT2D eigenvalue weighted by Crippen LogP contribution is 2.45. The van der Waals surface area contributed by atoms with E-state index >= 15 is 0 Å². The molecule has 1 heteroatoms. The van der Waals surface area contributed by atoms with Gasteiger partial charge in [-0.2, -0.15) is 0 Å². The molecule has 0 nitrogen and oxygen atoms in total. The zero-order valence-electron chi connectivity index (χ0n) is 9.21. The van der Waals surface area contributed by atoms with E-state index < -0.39 is 0 Å². The number of hydrogen-bond donors (Lipinski definition) is 0. The van der Waals surface area contributed by atoms with Gasteiger partial charge in [-0.3, -0.25) is 0 Å². The third-order valence-corrected chi connectivity index (χ3v) is 4.18. The van der Waals surface area contributed by atoms with E-state index in [0.29, 0.717) is 5.41 Å². The molecule has 0 N–H and O–H groups in total. The first-order chi connectivity index (χ1) is 5.43. The van der Waals surface area contributed by atoms with Crippen LogP contribution in [0.3, 0.4) is 0 Å². The van der Waals surface area contributed by atoms with Gasteiger partial charge in [0.25, 0.3) is 0 Å². The average Bonchev–Trinajstić information content (AvgIpc) is 2.02. The van der Waals surface area contributed by atoms with Crippen LogP contribution >= 0.6 is 11.6 Å². The summed E-state index contributed by atoms with van der Waals surface area (Å²) in [5, 5.41) is 0. The molecule has 0 aliphatic heterocycles. The van der Waals surface area contributed by atoms with Crippen molar-refractivity contribution in [3.05, 3.63) is 0 Å². The smallest absolute Gasteiger partial charge is 0.0471 e. The second-order valence-electron chi connectivity index (χ2n) is 4.22. The lowest BCUT2D eigenvalue weighted by Crippen LogP contribution is -2.38. The normalized spacial score (nSPS) is 17.5. The van der Waals surface area contributed by atoms with Gasteiger partial charge >= 0.3 is 0 Å². The maximum Gasteiger partial charge on any atom is 0.0471 e. The van der Waals surface area contributed by atoms with Gasteiger partial charge in [-0.1, -0.05) is 34.1 Å². The lowest BCUT2D eigenvalue weighted by atomic mass is 9.71. The molecule has 1 unspecified atom stereocenters. The molecule has 12 heavy (non-hydrogen) atoms. The van der Waals surface area contributed by atoms with Crippen molar-refractivity contribution in [2.45, 2.75) is 65.2 Å². The van der Waals surface area contributed by atoms with Crippen molar-refractivity contribution < 1.29 is 0 Å². The Morgan fingerprint density at radius 1 is 1.00 bits per heavy atom. The van der Waals surface area contributed by atoms with E-state index in [4.69, 9.17) is 11.6 Å². The Hall–Kier alpha value is 0.290. The summed E-state index contributed by atoms with van der Waals surface area (Å²) in [5.74, 6) is 0. The molecule has 0 rings (SSSR count). The molecule has 0 aromatic heterocycles. The Morgan fingerprint density at radius 3 is 1.67 bits per heavy atom. The van der Waals surface area contributed by atoms with Crippen molar-refractivity contribution in [2.24, 2.45) is 5.41 Å². The monoisotopic (exact) mass is 190 g/mol. The highest BCUT2D eigenvalue weighted by molar-refractivity contribution is 6.24. The van der Waals surface area contributed by atoms with E-state index in [0.717, 1.165) is 6.42 Å². The van der Waals surface area contributed by atoms with Crippen LogP contribution in [0.5, 0.6) is 0 Å². The Balaban J connectivity index is 4.46. The maximum atomic E-state index is 6.54. The standard InChI is InChI=1S/C11H23Cl/c1-6-9-11(5,12)10(4,7-2)8-3/h6-9H2,1-5H3. The molecule has 1 atom stereocenters. The number of rotatable bonds is 5. The number of alkyl halides is 1. The van der Waals surface area contributed by atoms with Crippen molar-refractivity contribution in [1.29, 1.82) is 0 Å². The van der Waals surface area contributed by atoms with Crippen molar-refractivity contribution in [3.8, 4) is 0 Å². The first kappa shape index (κ1) is 12.3. The van der Waals surface area contributed by atoms with Crippen molar-refractivity contribution in [2.75, 3.05) is 0 Å². The highest BCUT2D eigenvalue weighted by Gasteiger charge is 2.39. The molecule has 74 valence electrons. The van der Waals surface area contributed by atoms with E-state index in [1.165, 1.54) is 19.3 Å². The van der Waals surface area contributed by atoms with Gasteiger partial charge < -0.3 is 0 Å². The summed E-state index contributed by atoms with van der Waals surface area (Å²) in [5.41, 5.74) is 0.296. The van der Waals surface area contributed by atoms with Gasteiger partial charge in [-0.05, 0) is 31.6 Å². The minimum absolute atomic E-state index is 0.0226. The van der Waals surface area contributed by atoms with E-state index in [-0.39, 0.29) is 4.87 Å². The molecule has 0 bridgehead atoms. The predicted molar refractivity (Wildman–Crippen MR) is 57.9 cm³/mol. The SMILES string of the molecule is CCCC(C)(Cl)C(C)(CC)CC. The molecule has 0 aromatic rings. The molecular weight excluding hydrogens is 168 g/mol. The number of hydrogen-bond acceptors (Lipinski definition) is 0. The molecule has 0 aliphatic rings. The van der Waals surface area contributed by atoms with Gasteiger partial charge in [0, 0.05) is 4.87 Å². The van der Waals surface area contributed by atoms with E-state index in [2.05, 4.69) is 34.6 Å². The third kappa shape index (κ3) is 2.39. The molecular formula is C11H23Cl. The van der Waals surface area contributed by atoms with E-state index in [1.807, 2.05) is 0 Å². The van der Waals surface area contributed by atoms with Crippen LogP contribution in [0.4, 0.5) is 0 Å². The fraction of sp³-hybridized carbons (Fsp3) is 1.00. The zero-order chi connectivity index (χ0) is 9.83. The Morgan fingerprint density at radius 2 is 1.42 bits per heavy atom. The summed E-state index contributed by atoms with van der Waals surface area (Å²) < 4.78 is 0. The molecule has 0 heterocycles. The van der Waals surface area contributed by atoms with Crippen LogP contribution in [-0.2, 0) is 0 Å². The minimum Gasteiger partial charge on any atom is -0.119 e. The van der Waals surface area contributed by atoms with E-state index in [1.54, 1.807) is 0 Å². The highest BCUT2D eigenvalue weighted by atomic mass is 35.5.